The predicted octanol–water partition coefficient (Wildman–Crippen LogP) is 0.0970. The lowest BCUT2D eigenvalue weighted by Gasteiger charge is -2.25. The molecule has 2 unspecified atom stereocenters. The third-order valence-electron chi connectivity index (χ3n) is 3.40. The highest BCUT2D eigenvalue weighted by Gasteiger charge is 2.40. The molecule has 1 N–H and O–H groups in total. The number of nitrogens with zero attached hydrogens (tertiary/aromatic N) is 2. The zero-order valence-electron chi connectivity index (χ0n) is 8.65. The fourth-order valence-corrected chi connectivity index (χ4v) is 2.66. The normalized spacial score (nSPS) is 35.2. The molecule has 0 aromatic rings. The van der Waals surface area contributed by atoms with Gasteiger partial charge >= 0.3 is 5.97 Å². The van der Waals surface area contributed by atoms with Gasteiger partial charge in [0, 0.05) is 19.1 Å². The fraction of sp³-hybridized carbons (Fsp3) is 0.900. The lowest BCUT2D eigenvalue weighted by molar-refractivity contribution is -0.142. The van der Waals surface area contributed by atoms with Crippen molar-refractivity contribution in [2.24, 2.45) is 5.92 Å². The molecule has 2 saturated heterocycles. The first kappa shape index (κ1) is 9.93. The van der Waals surface area contributed by atoms with Gasteiger partial charge in [-0.1, -0.05) is 0 Å². The maximum absolute atomic E-state index is 11.1. The van der Waals surface area contributed by atoms with Crippen molar-refractivity contribution in [2.45, 2.75) is 18.9 Å². The van der Waals surface area contributed by atoms with E-state index < -0.39 is 5.97 Å². The monoisotopic (exact) mass is 198 g/mol. The van der Waals surface area contributed by atoms with Crippen LogP contribution in [0.2, 0.25) is 0 Å². The molecule has 4 nitrogen and oxygen atoms in total. The Kier molecular flexibility index (Phi) is 2.74. The van der Waals surface area contributed by atoms with Crippen molar-refractivity contribution in [3.05, 3.63) is 0 Å². The number of carboxylic acids is 1. The van der Waals surface area contributed by atoms with Gasteiger partial charge in [-0.25, -0.2) is 0 Å². The first-order valence-corrected chi connectivity index (χ1v) is 5.34. The minimum Gasteiger partial charge on any atom is -0.481 e. The van der Waals surface area contributed by atoms with E-state index in [1.54, 1.807) is 0 Å². The van der Waals surface area contributed by atoms with E-state index in [2.05, 4.69) is 9.80 Å². The maximum Gasteiger partial charge on any atom is 0.309 e. The number of carboxylic acid groups (broad SMARTS) is 1. The van der Waals surface area contributed by atoms with Crippen LogP contribution in [0.5, 0.6) is 0 Å². The minimum absolute atomic E-state index is 0.182. The van der Waals surface area contributed by atoms with Crippen LogP contribution < -0.4 is 0 Å². The molecule has 2 heterocycles. The number of aliphatic carboxylic acids is 1. The Bertz CT molecular complexity index is 226. The molecule has 2 rings (SSSR count). The summed E-state index contributed by atoms with van der Waals surface area (Å²) in [6.07, 6.45) is 2.46. The molecule has 0 aromatic heterocycles. The second-order valence-corrected chi connectivity index (χ2v) is 4.48. The van der Waals surface area contributed by atoms with Crippen LogP contribution in [0.3, 0.4) is 0 Å². The summed E-state index contributed by atoms with van der Waals surface area (Å²) in [6.45, 7) is 3.79. The van der Waals surface area contributed by atoms with Crippen molar-refractivity contribution < 1.29 is 9.90 Å². The second-order valence-electron chi connectivity index (χ2n) is 4.48. The molecule has 0 amide bonds. The molecular weight excluding hydrogens is 180 g/mol. The summed E-state index contributed by atoms with van der Waals surface area (Å²) in [6, 6.07) is 0.250. The van der Waals surface area contributed by atoms with Crippen molar-refractivity contribution in [1.29, 1.82) is 0 Å². The van der Waals surface area contributed by atoms with Gasteiger partial charge in [-0.2, -0.15) is 0 Å². The average Bonchev–Trinajstić information content (AvgIpc) is 2.70. The molecule has 2 fully saturated rings. The van der Waals surface area contributed by atoms with Gasteiger partial charge in [0.1, 0.15) is 0 Å². The molecule has 0 spiro atoms. The summed E-state index contributed by atoms with van der Waals surface area (Å²) >= 11 is 0. The van der Waals surface area contributed by atoms with Gasteiger partial charge in [-0.15, -0.1) is 0 Å². The Labute approximate surface area is 84.5 Å². The quantitative estimate of drug-likeness (QED) is 0.683. The summed E-state index contributed by atoms with van der Waals surface area (Å²) in [4.78, 5) is 15.5. The molecule has 0 aromatic carbocycles. The van der Waals surface area contributed by atoms with E-state index in [1.165, 1.54) is 12.8 Å². The summed E-state index contributed by atoms with van der Waals surface area (Å²) in [7, 11) is 2.01. The van der Waals surface area contributed by atoms with Crippen LogP contribution >= 0.6 is 0 Å². The summed E-state index contributed by atoms with van der Waals surface area (Å²) in [5.41, 5.74) is 0. The Morgan fingerprint density at radius 2 is 1.93 bits per heavy atom. The number of hydrogen-bond donors (Lipinski definition) is 1. The largest absolute Gasteiger partial charge is 0.481 e. The molecule has 14 heavy (non-hydrogen) atoms. The number of rotatable bonds is 2. The van der Waals surface area contributed by atoms with E-state index in [1.807, 2.05) is 7.05 Å². The Morgan fingerprint density at radius 3 is 2.50 bits per heavy atom. The number of likely N-dealkylation sites (N-methyl/N-ethyl adjacent to an activating group) is 1. The van der Waals surface area contributed by atoms with Crippen molar-refractivity contribution >= 4 is 5.97 Å². The zero-order chi connectivity index (χ0) is 10.1. The van der Waals surface area contributed by atoms with Crippen LogP contribution in [0.25, 0.3) is 0 Å². The van der Waals surface area contributed by atoms with E-state index >= 15 is 0 Å². The predicted molar refractivity (Wildman–Crippen MR) is 53.2 cm³/mol. The molecule has 0 radical (unpaired) electrons. The van der Waals surface area contributed by atoms with Gasteiger partial charge in [0.05, 0.1) is 5.92 Å². The highest BCUT2D eigenvalue weighted by molar-refractivity contribution is 5.71. The van der Waals surface area contributed by atoms with Crippen LogP contribution in [-0.4, -0.2) is 60.1 Å². The average molecular weight is 198 g/mol. The highest BCUT2D eigenvalue weighted by Crippen LogP contribution is 2.24. The molecular formula is C10H18N2O2. The fourth-order valence-electron chi connectivity index (χ4n) is 2.66. The van der Waals surface area contributed by atoms with E-state index in [9.17, 15) is 4.79 Å². The van der Waals surface area contributed by atoms with E-state index in [4.69, 9.17) is 5.11 Å². The lowest BCUT2D eigenvalue weighted by atomic mass is 10.0. The van der Waals surface area contributed by atoms with Crippen LogP contribution in [0.1, 0.15) is 12.8 Å². The van der Waals surface area contributed by atoms with E-state index in [-0.39, 0.29) is 12.0 Å². The first-order chi connectivity index (χ1) is 6.68. The molecule has 80 valence electrons. The van der Waals surface area contributed by atoms with Crippen molar-refractivity contribution in [1.82, 2.24) is 9.80 Å². The molecule has 0 bridgehead atoms. The van der Waals surface area contributed by atoms with Crippen molar-refractivity contribution in [3.63, 3.8) is 0 Å². The first-order valence-electron chi connectivity index (χ1n) is 5.34. The molecule has 4 heteroatoms. The van der Waals surface area contributed by atoms with Gasteiger partial charge in [-0.3, -0.25) is 9.69 Å². The molecule has 2 aliphatic rings. The Hall–Kier alpha value is -0.610. The molecule has 0 saturated carbocycles. The highest BCUT2D eigenvalue weighted by atomic mass is 16.4. The number of carbonyl (C=O) groups is 1. The zero-order valence-corrected chi connectivity index (χ0v) is 8.65. The van der Waals surface area contributed by atoms with Crippen LogP contribution in [0, 0.1) is 5.92 Å². The summed E-state index contributed by atoms with van der Waals surface area (Å²) < 4.78 is 0. The summed E-state index contributed by atoms with van der Waals surface area (Å²) in [5.74, 6) is -0.815. The minimum atomic E-state index is -0.633. The third kappa shape index (κ3) is 1.77. The lowest BCUT2D eigenvalue weighted by Crippen LogP contribution is -2.41. The van der Waals surface area contributed by atoms with Gasteiger partial charge in [0.25, 0.3) is 0 Å². The SMILES string of the molecule is CN1CC(C(=O)O)C(N2CCCC2)C1. The summed E-state index contributed by atoms with van der Waals surface area (Å²) in [5, 5.41) is 9.11. The van der Waals surface area contributed by atoms with Crippen molar-refractivity contribution in [3.8, 4) is 0 Å². The molecule has 0 aliphatic carbocycles. The molecule has 2 atom stereocenters. The smallest absolute Gasteiger partial charge is 0.309 e. The van der Waals surface area contributed by atoms with Gasteiger partial charge in [0.2, 0.25) is 0 Å². The van der Waals surface area contributed by atoms with E-state index in [0.717, 1.165) is 19.6 Å². The Balaban J connectivity index is 2.04. The number of likely N-dealkylation sites (tertiary alicyclic amines) is 2. The standard InChI is InChI=1S/C10H18N2O2/c1-11-6-8(10(13)14)9(7-11)12-4-2-3-5-12/h8-9H,2-7H2,1H3,(H,13,14). The number of hydrogen-bond acceptors (Lipinski definition) is 3. The van der Waals surface area contributed by atoms with Gasteiger partial charge in [-0.05, 0) is 33.0 Å². The van der Waals surface area contributed by atoms with Crippen LogP contribution in [0.4, 0.5) is 0 Å². The topological polar surface area (TPSA) is 43.8 Å². The van der Waals surface area contributed by atoms with Gasteiger partial charge < -0.3 is 10.0 Å². The molecule has 2 aliphatic heterocycles. The third-order valence-corrected chi connectivity index (χ3v) is 3.40. The maximum atomic E-state index is 11.1. The van der Waals surface area contributed by atoms with Gasteiger partial charge in [0.15, 0.2) is 0 Å². The van der Waals surface area contributed by atoms with Crippen LogP contribution in [-0.2, 0) is 4.79 Å². The Morgan fingerprint density at radius 1 is 1.29 bits per heavy atom. The van der Waals surface area contributed by atoms with E-state index in [0.29, 0.717) is 6.54 Å². The van der Waals surface area contributed by atoms with Crippen molar-refractivity contribution in [2.75, 3.05) is 33.2 Å². The van der Waals surface area contributed by atoms with Crippen LogP contribution in [0.15, 0.2) is 0 Å². The second kappa shape index (κ2) is 3.87.